The molecule has 2 aliphatic rings. The zero-order valence-corrected chi connectivity index (χ0v) is 38.8. The van der Waals surface area contributed by atoms with Gasteiger partial charge in [-0.25, -0.2) is 4.79 Å². The summed E-state index contributed by atoms with van der Waals surface area (Å²) in [5, 5.41) is 8.33. The summed E-state index contributed by atoms with van der Waals surface area (Å²) in [6.45, 7) is 13.6. The van der Waals surface area contributed by atoms with Gasteiger partial charge in [0.25, 0.3) is 0 Å². The molecule has 4 atom stereocenters. The van der Waals surface area contributed by atoms with Crippen LogP contribution >= 0.6 is 0 Å². The van der Waals surface area contributed by atoms with Gasteiger partial charge in [-0.2, -0.15) is 19.6 Å². The average molecular weight is 899 g/mol. The molecule has 2 unspecified atom stereocenters. The molecule has 2 aliphatic heterocycles. The number of unbranched alkanes of at least 4 members (excludes halogenated alkanes) is 1. The third kappa shape index (κ3) is 20.1. The van der Waals surface area contributed by atoms with Crippen LogP contribution in [0.25, 0.3) is 0 Å². The fraction of sp³-hybridized carbons (Fsp3) is 0.438. The molecule has 348 valence electrons. The van der Waals surface area contributed by atoms with Crippen LogP contribution in [0, 0.1) is 32.6 Å². The Morgan fingerprint density at radius 1 is 0.785 bits per heavy atom. The first-order valence-electron chi connectivity index (χ1n) is 21.3. The van der Waals surface area contributed by atoms with Gasteiger partial charge in [-0.1, -0.05) is 51.5 Å². The minimum Gasteiger partial charge on any atom is -0.497 e. The number of amides is 3. The van der Waals surface area contributed by atoms with E-state index in [1.54, 1.807) is 38.3 Å². The maximum atomic E-state index is 12.9. The molecule has 6 rings (SSSR count). The molecule has 0 spiro atoms. The number of likely N-dealkylation sites (tertiary alicyclic amines) is 1. The van der Waals surface area contributed by atoms with E-state index in [-0.39, 0.29) is 30.6 Å². The molecule has 13 nitrogen and oxygen atoms in total. The number of aryl methyl sites for hydroxylation is 2. The molecule has 0 aliphatic carbocycles. The Morgan fingerprint density at radius 2 is 1.31 bits per heavy atom. The second-order valence-corrected chi connectivity index (χ2v) is 15.8. The number of esters is 1. The van der Waals surface area contributed by atoms with Gasteiger partial charge in [0.2, 0.25) is 0 Å². The molecular formula is C48H62F3LiN6O7. The number of ether oxygens (including phenoxy) is 3. The number of benzene rings is 2. The van der Waals surface area contributed by atoms with E-state index >= 15 is 0 Å². The van der Waals surface area contributed by atoms with Crippen molar-refractivity contribution in [2.75, 3.05) is 44.5 Å². The van der Waals surface area contributed by atoms with Crippen LogP contribution in [0.1, 0.15) is 93.6 Å². The van der Waals surface area contributed by atoms with Crippen LogP contribution in [0.15, 0.2) is 85.5 Å². The second kappa shape index (κ2) is 28.5. The van der Waals surface area contributed by atoms with Crippen LogP contribution in [0.4, 0.5) is 24.5 Å². The third-order valence-electron chi connectivity index (χ3n) is 10.1. The van der Waals surface area contributed by atoms with E-state index in [9.17, 15) is 32.3 Å². The molecular weight excluding hydrogens is 836 g/mol. The topological polar surface area (TPSA) is 161 Å². The van der Waals surface area contributed by atoms with E-state index < -0.39 is 36.5 Å². The monoisotopic (exact) mass is 898 g/mol. The van der Waals surface area contributed by atoms with E-state index in [0.29, 0.717) is 24.2 Å². The SMILES string of the molecule is COc1cccc(C2CCC(C)CN2)c1.COc1cccc([C@@H]2CC[C@@H](C)CN2C(=O)C(=O)Nc2cncc(C)c2)c1.Cc1cncc(NC(=O)C(=O)OCC(F)(F)F)c1.[CH2-]CCC.[Li+]. The van der Waals surface area contributed by atoms with E-state index in [1.165, 1.54) is 49.5 Å². The molecule has 0 bridgehead atoms. The summed E-state index contributed by atoms with van der Waals surface area (Å²) < 4.78 is 49.5. The van der Waals surface area contributed by atoms with Gasteiger partial charge >= 0.3 is 48.7 Å². The van der Waals surface area contributed by atoms with Gasteiger partial charge in [-0.05, 0) is 117 Å². The third-order valence-corrected chi connectivity index (χ3v) is 10.1. The number of hydrogen-bond acceptors (Lipinski definition) is 10. The number of methoxy groups -OCH3 is 2. The maximum absolute atomic E-state index is 12.9. The minimum absolute atomic E-state index is 0. The van der Waals surface area contributed by atoms with E-state index in [4.69, 9.17) is 9.47 Å². The molecule has 0 radical (unpaired) electrons. The molecule has 2 fully saturated rings. The molecule has 4 heterocycles. The summed E-state index contributed by atoms with van der Waals surface area (Å²) in [6, 6.07) is 19.7. The van der Waals surface area contributed by atoms with Crippen LogP contribution in [0.5, 0.6) is 11.5 Å². The molecule has 2 aromatic heterocycles. The molecule has 2 aromatic carbocycles. The first kappa shape index (κ1) is 55.7. The fourth-order valence-corrected chi connectivity index (χ4v) is 6.67. The van der Waals surface area contributed by atoms with Crippen molar-refractivity contribution in [2.45, 2.75) is 91.4 Å². The molecule has 3 N–H and O–H groups in total. The van der Waals surface area contributed by atoms with Crippen LogP contribution in [-0.2, 0) is 23.9 Å². The first-order chi connectivity index (χ1) is 30.5. The number of pyridine rings is 2. The van der Waals surface area contributed by atoms with Crippen molar-refractivity contribution >= 4 is 35.1 Å². The van der Waals surface area contributed by atoms with Crippen LogP contribution in [0.3, 0.4) is 0 Å². The zero-order chi connectivity index (χ0) is 47.2. The largest absolute Gasteiger partial charge is 1.00 e. The number of hydrogen-bond donors (Lipinski definition) is 3. The van der Waals surface area contributed by atoms with Crippen molar-refractivity contribution in [3.05, 3.63) is 115 Å². The Balaban J connectivity index is 0.000000333. The zero-order valence-electron chi connectivity index (χ0n) is 38.8. The number of carbonyl (C=O) groups is 4. The van der Waals surface area contributed by atoms with Gasteiger partial charge in [0, 0.05) is 25.0 Å². The molecule has 0 saturated carbocycles. The normalized spacial score (nSPS) is 17.6. The number of aromatic nitrogens is 2. The predicted molar refractivity (Wildman–Crippen MR) is 240 cm³/mol. The van der Waals surface area contributed by atoms with Gasteiger partial charge in [-0.15, -0.1) is 0 Å². The van der Waals surface area contributed by atoms with Crippen LogP contribution in [-0.4, -0.2) is 78.7 Å². The van der Waals surface area contributed by atoms with Gasteiger partial charge < -0.3 is 42.0 Å². The predicted octanol–water partition coefficient (Wildman–Crippen LogP) is 6.15. The number of alkyl halides is 3. The Bertz CT molecular complexity index is 2100. The number of nitrogens with zero attached hydrogens (tertiary/aromatic N) is 3. The van der Waals surface area contributed by atoms with Crippen molar-refractivity contribution in [1.82, 2.24) is 20.2 Å². The van der Waals surface area contributed by atoms with Crippen LogP contribution < -0.4 is 44.3 Å². The summed E-state index contributed by atoms with van der Waals surface area (Å²) in [7, 11) is 3.34. The molecule has 65 heavy (non-hydrogen) atoms. The van der Waals surface area contributed by atoms with E-state index in [0.717, 1.165) is 59.9 Å². The number of piperidine rings is 2. The van der Waals surface area contributed by atoms with Crippen molar-refractivity contribution in [3.8, 4) is 11.5 Å². The van der Waals surface area contributed by atoms with Crippen molar-refractivity contribution in [3.63, 3.8) is 0 Å². The van der Waals surface area contributed by atoms with Crippen molar-refractivity contribution in [2.24, 2.45) is 11.8 Å². The standard InChI is InChI=1S/C21H25N3O3.C13H19NO.C10H9F3N2O3.C4H9.Li/c1-14-7-8-19(16-5-4-6-18(10-16)27-3)24(13-14)21(26)20(25)23-17-9-15(2)11-22-12-17;1-10-6-7-13(14-9-10)11-4-3-5-12(8-11)15-2;1-6-2-7(4-14-3-6)15-8(16)9(17)18-5-10(11,12)13;1-3-4-2;/h4-6,9-12,14,19H,7-8,13H2,1-3H3,(H,23,25);3-5,8,10,13-14H,6-7,9H2,1-2H3;2-4H,5H2,1H3,(H,15,16);1,3-4H2,2H3;/q;;;-1;+1/t14-,19+;;;;/m1..../s1. The number of rotatable bonds is 8. The van der Waals surface area contributed by atoms with Gasteiger partial charge in [0.05, 0.1) is 44.0 Å². The fourth-order valence-electron chi connectivity index (χ4n) is 6.67. The summed E-state index contributed by atoms with van der Waals surface area (Å²) >= 11 is 0. The molecule has 2 saturated heterocycles. The maximum Gasteiger partial charge on any atom is 1.00 e. The summed E-state index contributed by atoms with van der Waals surface area (Å²) in [5.74, 6) is -1.18. The van der Waals surface area contributed by atoms with Gasteiger partial charge in [0.1, 0.15) is 11.5 Å². The Morgan fingerprint density at radius 3 is 1.80 bits per heavy atom. The van der Waals surface area contributed by atoms with E-state index in [2.05, 4.69) is 76.5 Å². The average Bonchev–Trinajstić information content (AvgIpc) is 3.28. The first-order valence-corrected chi connectivity index (χ1v) is 21.3. The number of nitrogens with one attached hydrogen (secondary N) is 3. The molecule has 3 amide bonds. The number of carbonyl (C=O) groups excluding carboxylic acids is 4. The summed E-state index contributed by atoms with van der Waals surface area (Å²) in [6.07, 6.45) is 7.98. The quantitative estimate of drug-likeness (QED) is 0.0810. The Hall–Kier alpha value is -5.43. The molecule has 17 heteroatoms. The smallest absolute Gasteiger partial charge is 0.497 e. The number of anilines is 2. The summed E-state index contributed by atoms with van der Waals surface area (Å²) in [5.41, 5.74) is 4.69. The minimum atomic E-state index is -4.67. The second-order valence-electron chi connectivity index (χ2n) is 15.8. The van der Waals surface area contributed by atoms with Crippen LogP contribution in [0.2, 0.25) is 0 Å². The van der Waals surface area contributed by atoms with Gasteiger partial charge in [0.15, 0.2) is 6.61 Å². The Labute approximate surface area is 393 Å². The van der Waals surface area contributed by atoms with Crippen molar-refractivity contribution in [1.29, 1.82) is 0 Å². The van der Waals surface area contributed by atoms with Crippen molar-refractivity contribution < 1.29 is 65.4 Å². The summed E-state index contributed by atoms with van der Waals surface area (Å²) in [4.78, 5) is 57.1. The van der Waals surface area contributed by atoms with Gasteiger partial charge in [-0.3, -0.25) is 24.4 Å². The number of halogens is 3. The van der Waals surface area contributed by atoms with E-state index in [1.807, 2.05) is 37.3 Å². The molecule has 4 aromatic rings. The Kier molecular flexibility index (Phi) is 24.4.